The minimum absolute atomic E-state index is 0.00576. The number of ether oxygens (including phenoxy) is 2. The average molecular weight is 1600 g/mol. The fourth-order valence-corrected chi connectivity index (χ4v) is 13.8. The van der Waals surface area contributed by atoms with Crippen molar-refractivity contribution in [2.45, 2.75) is 180 Å². The molecule has 0 saturated carbocycles. The van der Waals surface area contributed by atoms with E-state index >= 15 is 0 Å². The van der Waals surface area contributed by atoms with E-state index in [9.17, 15) is 90.4 Å². The predicted octanol–water partition coefficient (Wildman–Crippen LogP) is 11.1. The van der Waals surface area contributed by atoms with Crippen LogP contribution in [0.5, 0.6) is 0 Å². The van der Waals surface area contributed by atoms with Crippen molar-refractivity contribution >= 4 is 58.9 Å². The number of pyridine rings is 2. The van der Waals surface area contributed by atoms with Gasteiger partial charge in [-0.15, -0.1) is 0 Å². The number of nitrogens with zero attached hydrogens (tertiary/aromatic N) is 4. The number of H-pyrrole nitrogens is 2. The lowest BCUT2D eigenvalue weighted by atomic mass is 9.82. The fraction of sp³-hybridized carbons (Fsp3) is 0.571. The maximum atomic E-state index is 14.9. The predicted molar refractivity (Wildman–Crippen MR) is 348 cm³/mol. The van der Waals surface area contributed by atoms with Gasteiger partial charge in [0.25, 0.3) is 0 Å². The number of aryl methyl sites for hydroxylation is 2. The Morgan fingerprint density at radius 2 is 0.731 bits per heavy atom. The van der Waals surface area contributed by atoms with E-state index < -0.39 is 118 Å². The van der Waals surface area contributed by atoms with Crippen LogP contribution in [0.15, 0.2) is 48.5 Å². The summed E-state index contributed by atoms with van der Waals surface area (Å²) in [7, 11) is 0. The molecule has 2 aromatic carbocycles. The van der Waals surface area contributed by atoms with Crippen molar-refractivity contribution in [3.8, 4) is 12.1 Å². The number of carbonyl (C=O) groups is 6. The third-order valence-electron chi connectivity index (χ3n) is 19.6. The Morgan fingerprint density at radius 3 is 0.954 bits per heavy atom. The molecule has 2 amide bonds. The van der Waals surface area contributed by atoms with Crippen LogP contribution in [0, 0.1) is 82.4 Å². The summed E-state index contributed by atoms with van der Waals surface area (Å²) in [6, 6.07) is 16.0. The Morgan fingerprint density at radius 1 is 0.472 bits per heavy atom. The van der Waals surface area contributed by atoms with Gasteiger partial charge in [-0.25, -0.2) is 46.7 Å². The maximum Gasteiger partial charge on any atom is 0.490 e. The molecule has 2 spiro atoms. The molecule has 38 heteroatoms. The molecule has 10 rings (SSSR count). The molecular weight excluding hydrogens is 1520 g/mol. The second-order valence-electron chi connectivity index (χ2n) is 29.9. The monoisotopic (exact) mass is 1600 g/mol. The first-order valence-electron chi connectivity index (χ1n) is 33.1. The molecule has 0 aliphatic carbocycles. The Hall–Kier alpha value is -8.16. The lowest BCUT2D eigenvalue weighted by Gasteiger charge is -2.39. The molecule has 0 radical (unpaired) electrons. The van der Waals surface area contributed by atoms with Gasteiger partial charge in [-0.1, -0.05) is 35.3 Å². The second-order valence-corrected chi connectivity index (χ2v) is 30.8. The van der Waals surface area contributed by atoms with Crippen molar-refractivity contribution in [1.82, 2.24) is 9.80 Å². The van der Waals surface area contributed by atoms with Gasteiger partial charge in [0.2, 0.25) is 23.2 Å². The number of carbonyl (C=O) groups excluding carboxylic acids is 2. The average Bonchev–Trinajstić information content (AvgIpc) is 1.58. The molecule has 596 valence electrons. The molecule has 4 aromatic rings. The van der Waals surface area contributed by atoms with Crippen LogP contribution in [-0.2, 0) is 49.4 Å². The number of nitrogens with one attached hydrogen (secondary N) is 4. The Kier molecular flexibility index (Phi) is 28.1. The lowest BCUT2D eigenvalue weighted by Crippen LogP contribution is -3.17. The first-order valence-corrected chi connectivity index (χ1v) is 33.9. The maximum absolute atomic E-state index is 14.9. The third kappa shape index (κ3) is 21.7. The number of carboxylic acid groups (broad SMARTS) is 4. The van der Waals surface area contributed by atoms with E-state index in [1.165, 1.54) is 34.1 Å². The minimum atomic E-state index is -5.08. The zero-order valence-electron chi connectivity index (χ0n) is 60.2. The third-order valence-corrected chi connectivity index (χ3v) is 20.4. The van der Waals surface area contributed by atoms with E-state index in [0.29, 0.717) is 99.2 Å². The molecule has 8 atom stereocenters. The number of aliphatic carboxylic acids is 4. The number of rotatable bonds is 6. The molecule has 2 aromatic heterocycles. The number of likely N-dealkylation sites (tertiary alicyclic amines) is 4. The number of piperidine rings is 2. The molecule has 0 bridgehead atoms. The van der Waals surface area contributed by atoms with Gasteiger partial charge in [-0.05, 0) is 105 Å². The van der Waals surface area contributed by atoms with Gasteiger partial charge in [0.05, 0.1) is 95.0 Å². The van der Waals surface area contributed by atoms with Crippen LogP contribution in [0.4, 0.5) is 70.2 Å². The number of amides is 2. The highest BCUT2D eigenvalue weighted by Gasteiger charge is 2.60. The zero-order chi connectivity index (χ0) is 82.7. The first-order chi connectivity index (χ1) is 49.1. The number of hydrogen-bond donors (Lipinski definition) is 6. The molecule has 108 heavy (non-hydrogen) atoms. The lowest BCUT2D eigenvalue weighted by molar-refractivity contribution is -0.936. The number of alkyl halides is 12. The van der Waals surface area contributed by atoms with E-state index in [0.717, 1.165) is 46.0 Å². The molecular formula is C70H82Cl2F16N8O12+4. The van der Waals surface area contributed by atoms with Crippen molar-refractivity contribution in [3.63, 3.8) is 0 Å². The SMILES string of the molecule is Cc1[nH+]c2c(cc1Cl)C(C(C)(C)C#N)OC21CCN(C(=O)C2C[NH+](C(C)(C)C)C[C@H]2c2ccc(F)cc2F)CC1.Cc1[nH+]c2c(cc1Cl)C(C(C)(C)C#N)OC21CCN(C(=O)C2C[NH+](C(C)(C)C)C[C@H]2c2ccc(F)cc2F)CC1.O=C(O)C(F)(F)F.O=C(O)C(F)(F)F.O=C(O)C(F)(F)F.O=C(O)C(F)(F)F. The molecule has 6 aliphatic rings. The molecule has 4 saturated heterocycles. The summed E-state index contributed by atoms with van der Waals surface area (Å²) in [6.45, 7) is 28.3. The topological polar surface area (TPSA) is 293 Å². The van der Waals surface area contributed by atoms with Crippen LogP contribution in [0.1, 0.15) is 164 Å². The quantitative estimate of drug-likeness (QED) is 0.0979. The highest BCUT2D eigenvalue weighted by Crippen LogP contribution is 2.56. The standard InChI is InChI=1S/2C31H37ClF2N4O2.4C2HF3O2/c2*1-18-24(32)14-21-26(36-18)31(40-27(21)30(5,6)17-35)9-11-37(12-10-31)28(39)23-16-38(29(2,3)4)15-22(23)20-8-7-19(33)13-25(20)34;4*3-2(4,5)1(6)7/h2*7-8,13-14,22-23,27H,9-12,15-16H2,1-6H3;4*(H,6,7)/p+4/t2*22-,23?,27?;;;;/m00..../s1. The van der Waals surface area contributed by atoms with E-state index in [1.807, 2.05) is 63.5 Å². The van der Waals surface area contributed by atoms with Crippen LogP contribution in [-0.4, -0.2) is 154 Å². The van der Waals surface area contributed by atoms with Gasteiger partial charge in [0.1, 0.15) is 45.5 Å². The van der Waals surface area contributed by atoms with Crippen molar-refractivity contribution in [2.24, 2.45) is 22.7 Å². The molecule has 20 nitrogen and oxygen atoms in total. The minimum Gasteiger partial charge on any atom is -0.475 e. The van der Waals surface area contributed by atoms with Gasteiger partial charge in [-0.2, -0.15) is 63.2 Å². The fourth-order valence-electron chi connectivity index (χ4n) is 13.5. The van der Waals surface area contributed by atoms with Crippen LogP contribution in [0.25, 0.3) is 0 Å². The molecule has 8 N–H and O–H groups in total. The summed E-state index contributed by atoms with van der Waals surface area (Å²) < 4.78 is 198. The summed E-state index contributed by atoms with van der Waals surface area (Å²) in [5.74, 6) is -14.9. The first kappa shape index (κ1) is 90.5. The number of quaternary nitrogens is 2. The van der Waals surface area contributed by atoms with E-state index in [-0.39, 0.29) is 34.7 Å². The number of carboxylic acids is 4. The van der Waals surface area contributed by atoms with Crippen molar-refractivity contribution in [1.29, 1.82) is 10.5 Å². The number of aromatic nitrogens is 2. The number of aromatic amines is 2. The second kappa shape index (κ2) is 33.6. The smallest absolute Gasteiger partial charge is 0.475 e. The highest BCUT2D eigenvalue weighted by atomic mass is 35.5. The van der Waals surface area contributed by atoms with Crippen molar-refractivity contribution in [3.05, 3.63) is 127 Å². The molecule has 8 heterocycles. The molecule has 6 unspecified atom stereocenters. The summed E-state index contributed by atoms with van der Waals surface area (Å²) >= 11 is 12.9. The Bertz CT molecular complexity index is 3770. The van der Waals surface area contributed by atoms with Gasteiger partial charge in [0, 0.05) is 77.8 Å². The number of fused-ring (bicyclic) bond motifs is 4. The number of nitriles is 2. The molecule has 6 aliphatic heterocycles. The summed E-state index contributed by atoms with van der Waals surface area (Å²) in [5.41, 5.74) is 3.06. The Balaban J connectivity index is 0.000000286. The van der Waals surface area contributed by atoms with Gasteiger partial charge in [0.15, 0.2) is 22.6 Å². The number of halogens is 18. The normalized spacial score (nSPS) is 22.3. The van der Waals surface area contributed by atoms with Gasteiger partial charge in [-0.3, -0.25) is 9.59 Å². The highest BCUT2D eigenvalue weighted by molar-refractivity contribution is 6.31. The van der Waals surface area contributed by atoms with E-state index in [1.54, 1.807) is 0 Å². The van der Waals surface area contributed by atoms with Crippen LogP contribution in [0.3, 0.4) is 0 Å². The van der Waals surface area contributed by atoms with Crippen LogP contribution in [0.2, 0.25) is 10.0 Å². The summed E-state index contributed by atoms with van der Waals surface area (Å²) in [4.78, 5) is 76.8. The van der Waals surface area contributed by atoms with E-state index in [2.05, 4.69) is 63.6 Å². The summed E-state index contributed by atoms with van der Waals surface area (Å²) in [5, 5.41) is 49.5. The van der Waals surface area contributed by atoms with Crippen molar-refractivity contribution in [2.75, 3.05) is 52.4 Å². The molecule has 4 fully saturated rings. The number of benzene rings is 2. The van der Waals surface area contributed by atoms with Crippen molar-refractivity contribution < 1.29 is 149 Å². The van der Waals surface area contributed by atoms with E-state index in [4.69, 9.17) is 72.3 Å². The zero-order valence-corrected chi connectivity index (χ0v) is 61.7. The van der Waals surface area contributed by atoms with Gasteiger partial charge >= 0.3 is 48.6 Å². The van der Waals surface area contributed by atoms with Gasteiger partial charge < -0.3 is 49.5 Å². The Labute approximate surface area is 619 Å². The summed E-state index contributed by atoms with van der Waals surface area (Å²) in [6.07, 6.45) is -19.0. The van der Waals surface area contributed by atoms with Crippen LogP contribution >= 0.6 is 23.2 Å². The largest absolute Gasteiger partial charge is 0.490 e. The number of hydrogen-bond acceptors (Lipinski definition) is 10. The van der Waals surface area contributed by atoms with Crippen LogP contribution < -0.4 is 19.8 Å².